The van der Waals surface area contributed by atoms with Crippen molar-refractivity contribution in [2.75, 3.05) is 25.1 Å². The maximum Gasteiger partial charge on any atom is 0.213 e. The Morgan fingerprint density at radius 2 is 1.96 bits per heavy atom. The summed E-state index contributed by atoms with van der Waals surface area (Å²) in [5, 5.41) is 6.58. The number of hydrogen-bond acceptors (Lipinski definition) is 4. The molecule has 0 aliphatic rings. The third-order valence-electron chi connectivity index (χ3n) is 3.39. The smallest absolute Gasteiger partial charge is 0.213 e. The van der Waals surface area contributed by atoms with Gasteiger partial charge >= 0.3 is 0 Å². The Morgan fingerprint density at radius 3 is 2.69 bits per heavy atom. The molecule has 2 N–H and O–H groups in total. The van der Waals surface area contributed by atoms with Crippen LogP contribution in [-0.4, -0.2) is 36.0 Å². The summed E-state index contributed by atoms with van der Waals surface area (Å²) in [5.74, 6) is 2.51. The molecule has 1 aromatic carbocycles. The molecular weight excluding hydrogens is 459 g/mol. The van der Waals surface area contributed by atoms with Crippen LogP contribution in [0.3, 0.4) is 0 Å². The average Bonchev–Trinajstić information content (AvgIpc) is 2.66. The summed E-state index contributed by atoms with van der Waals surface area (Å²) in [5.41, 5.74) is 2.19. The number of halogens is 1. The van der Waals surface area contributed by atoms with Gasteiger partial charge in [-0.05, 0) is 30.4 Å². The van der Waals surface area contributed by atoms with E-state index in [0.717, 1.165) is 35.9 Å². The van der Waals surface area contributed by atoms with Crippen LogP contribution in [-0.2, 0) is 13.2 Å². The van der Waals surface area contributed by atoms with E-state index >= 15 is 0 Å². The molecule has 0 atom stereocenters. The quantitative estimate of drug-likeness (QED) is 0.245. The van der Waals surface area contributed by atoms with Gasteiger partial charge in [-0.25, -0.2) is 9.98 Å². The van der Waals surface area contributed by atoms with E-state index in [1.54, 1.807) is 6.20 Å². The standard InChI is InChI=1S/C19H26N4OS.HI/c1-3-20-19(22-11-12-25-2)23-14-17-9-10-21-18(13-17)24-15-16-7-5-4-6-8-16;/h4-10,13H,3,11-12,14-15H2,1-2H3,(H2,20,22,23);1H. The van der Waals surface area contributed by atoms with E-state index in [1.807, 2.05) is 54.2 Å². The fraction of sp³-hybridized carbons (Fsp3) is 0.368. The Hall–Kier alpha value is -1.48. The lowest BCUT2D eigenvalue weighted by Crippen LogP contribution is -2.38. The van der Waals surface area contributed by atoms with Gasteiger partial charge in [0.25, 0.3) is 0 Å². The maximum absolute atomic E-state index is 5.77. The molecule has 0 saturated heterocycles. The minimum Gasteiger partial charge on any atom is -0.473 e. The Labute approximate surface area is 177 Å². The zero-order chi connectivity index (χ0) is 17.7. The maximum atomic E-state index is 5.77. The Bertz CT molecular complexity index is 655. The number of aliphatic imine (C=N–C) groups is 1. The van der Waals surface area contributed by atoms with Crippen molar-refractivity contribution in [3.63, 3.8) is 0 Å². The van der Waals surface area contributed by atoms with Gasteiger partial charge in [0.1, 0.15) is 6.61 Å². The molecule has 0 bridgehead atoms. The number of aromatic nitrogens is 1. The number of ether oxygens (including phenoxy) is 1. The molecule has 0 spiro atoms. The molecule has 0 aliphatic heterocycles. The topological polar surface area (TPSA) is 58.5 Å². The van der Waals surface area contributed by atoms with Crippen molar-refractivity contribution in [1.82, 2.24) is 15.6 Å². The number of guanidine groups is 1. The highest BCUT2D eigenvalue weighted by atomic mass is 127. The summed E-state index contributed by atoms with van der Waals surface area (Å²) in [6.45, 7) is 4.90. The second-order valence-electron chi connectivity index (χ2n) is 5.39. The number of nitrogens with one attached hydrogen (secondary N) is 2. The molecule has 5 nitrogen and oxygen atoms in total. The molecule has 26 heavy (non-hydrogen) atoms. The monoisotopic (exact) mass is 486 g/mol. The molecule has 0 fully saturated rings. The van der Waals surface area contributed by atoms with Crippen LogP contribution < -0.4 is 15.4 Å². The van der Waals surface area contributed by atoms with Crippen molar-refractivity contribution >= 4 is 41.7 Å². The van der Waals surface area contributed by atoms with Gasteiger partial charge in [0.15, 0.2) is 5.96 Å². The number of benzene rings is 1. The largest absolute Gasteiger partial charge is 0.473 e. The van der Waals surface area contributed by atoms with Gasteiger partial charge in [-0.3, -0.25) is 0 Å². The first-order valence-corrected chi connectivity index (χ1v) is 9.84. The molecule has 1 heterocycles. The number of rotatable bonds is 9. The van der Waals surface area contributed by atoms with Gasteiger partial charge in [0.2, 0.25) is 5.88 Å². The fourth-order valence-electron chi connectivity index (χ4n) is 2.14. The normalized spacial score (nSPS) is 10.8. The van der Waals surface area contributed by atoms with Gasteiger partial charge in [0.05, 0.1) is 6.54 Å². The Kier molecular flexibility index (Phi) is 11.9. The molecule has 1 aromatic heterocycles. The van der Waals surface area contributed by atoms with Crippen LogP contribution in [0.15, 0.2) is 53.7 Å². The third kappa shape index (κ3) is 8.75. The minimum atomic E-state index is 0. The van der Waals surface area contributed by atoms with Crippen LogP contribution in [0.1, 0.15) is 18.1 Å². The molecule has 142 valence electrons. The first kappa shape index (κ1) is 22.6. The van der Waals surface area contributed by atoms with Crippen molar-refractivity contribution in [1.29, 1.82) is 0 Å². The number of thioether (sulfide) groups is 1. The summed E-state index contributed by atoms with van der Waals surface area (Å²) in [6.07, 6.45) is 3.86. The van der Waals surface area contributed by atoms with Crippen LogP contribution in [0.5, 0.6) is 5.88 Å². The van der Waals surface area contributed by atoms with Crippen molar-refractivity contribution in [2.45, 2.75) is 20.1 Å². The van der Waals surface area contributed by atoms with Gasteiger partial charge in [-0.2, -0.15) is 11.8 Å². The van der Waals surface area contributed by atoms with E-state index in [0.29, 0.717) is 19.0 Å². The number of nitrogens with zero attached hydrogens (tertiary/aromatic N) is 2. The Balaban J connectivity index is 0.00000338. The van der Waals surface area contributed by atoms with E-state index in [4.69, 9.17) is 4.74 Å². The molecule has 7 heteroatoms. The second-order valence-corrected chi connectivity index (χ2v) is 6.38. The van der Waals surface area contributed by atoms with Crippen molar-refractivity contribution in [3.8, 4) is 5.88 Å². The van der Waals surface area contributed by atoms with Crippen LogP contribution >= 0.6 is 35.7 Å². The number of pyridine rings is 1. The van der Waals surface area contributed by atoms with E-state index in [-0.39, 0.29) is 24.0 Å². The zero-order valence-corrected chi connectivity index (χ0v) is 18.4. The van der Waals surface area contributed by atoms with Crippen LogP contribution in [0.25, 0.3) is 0 Å². The first-order chi connectivity index (χ1) is 12.3. The summed E-state index contributed by atoms with van der Waals surface area (Å²) in [6, 6.07) is 14.0. The molecule has 0 amide bonds. The predicted molar refractivity (Wildman–Crippen MR) is 122 cm³/mol. The fourth-order valence-corrected chi connectivity index (χ4v) is 2.45. The van der Waals surface area contributed by atoms with Crippen LogP contribution in [0.4, 0.5) is 0 Å². The summed E-state index contributed by atoms with van der Waals surface area (Å²) in [7, 11) is 0. The van der Waals surface area contributed by atoms with Crippen molar-refractivity contribution in [3.05, 3.63) is 59.8 Å². The summed E-state index contributed by atoms with van der Waals surface area (Å²) in [4.78, 5) is 8.89. The molecule has 0 aliphatic carbocycles. The third-order valence-corrected chi connectivity index (χ3v) is 4.00. The van der Waals surface area contributed by atoms with Gasteiger partial charge in [-0.1, -0.05) is 30.3 Å². The summed E-state index contributed by atoms with van der Waals surface area (Å²) < 4.78 is 5.77. The first-order valence-electron chi connectivity index (χ1n) is 8.44. The molecule has 0 unspecified atom stereocenters. The van der Waals surface area contributed by atoms with Gasteiger partial charge in [0, 0.05) is 31.1 Å². The molecule has 2 aromatic rings. The summed E-state index contributed by atoms with van der Waals surface area (Å²) >= 11 is 1.81. The van der Waals surface area contributed by atoms with Crippen LogP contribution in [0.2, 0.25) is 0 Å². The lowest BCUT2D eigenvalue weighted by atomic mass is 10.2. The zero-order valence-electron chi connectivity index (χ0n) is 15.3. The van der Waals surface area contributed by atoms with E-state index in [1.165, 1.54) is 0 Å². The van der Waals surface area contributed by atoms with E-state index in [9.17, 15) is 0 Å². The van der Waals surface area contributed by atoms with E-state index in [2.05, 4.69) is 33.8 Å². The average molecular weight is 486 g/mol. The lowest BCUT2D eigenvalue weighted by Gasteiger charge is -2.11. The highest BCUT2D eigenvalue weighted by Crippen LogP contribution is 2.12. The lowest BCUT2D eigenvalue weighted by molar-refractivity contribution is 0.293. The predicted octanol–water partition coefficient (Wildman–Crippen LogP) is 3.70. The van der Waals surface area contributed by atoms with Gasteiger partial charge in [-0.15, -0.1) is 24.0 Å². The molecule has 0 saturated carbocycles. The number of hydrogen-bond donors (Lipinski definition) is 2. The van der Waals surface area contributed by atoms with E-state index < -0.39 is 0 Å². The highest BCUT2D eigenvalue weighted by molar-refractivity contribution is 14.0. The second kappa shape index (κ2) is 13.7. The molecule has 0 radical (unpaired) electrons. The Morgan fingerprint density at radius 1 is 1.15 bits per heavy atom. The minimum absolute atomic E-state index is 0. The highest BCUT2D eigenvalue weighted by Gasteiger charge is 2.01. The molecular formula is C19H27IN4OS. The van der Waals surface area contributed by atoms with Crippen LogP contribution in [0, 0.1) is 0 Å². The molecule has 2 rings (SSSR count). The van der Waals surface area contributed by atoms with Gasteiger partial charge < -0.3 is 15.4 Å². The van der Waals surface area contributed by atoms with Crippen molar-refractivity contribution < 1.29 is 4.74 Å². The SMILES string of the molecule is CCNC(=NCc1ccnc(OCc2ccccc2)c1)NCCSC.I. The van der Waals surface area contributed by atoms with Crippen molar-refractivity contribution in [2.24, 2.45) is 4.99 Å².